The van der Waals surface area contributed by atoms with Crippen molar-refractivity contribution in [3.8, 4) is 0 Å². The molecule has 3 atom stereocenters. The fourth-order valence-electron chi connectivity index (χ4n) is 8.99. The number of aliphatic hydroxyl groups is 2. The number of esters is 1. The van der Waals surface area contributed by atoms with Crippen LogP contribution in [0.1, 0.15) is 297 Å². The van der Waals surface area contributed by atoms with E-state index in [0.29, 0.717) is 19.3 Å². The second kappa shape index (κ2) is 57.2. The van der Waals surface area contributed by atoms with Crippen molar-refractivity contribution < 1.29 is 24.5 Å². The SMILES string of the molecule is CC/C=C\C/C=C\C/C=C\C/C=C\C/C=C\CCCC(CC(=O)NC(CO)C(O)CCCCCCCCCCCCCCCCCCC)OC(=O)CCCCCCCCC/C=C/CCCCCCCC. The van der Waals surface area contributed by atoms with Crippen LogP contribution >= 0.6 is 0 Å². The Labute approximate surface area is 434 Å². The van der Waals surface area contributed by atoms with Crippen molar-refractivity contribution in [3.05, 3.63) is 72.9 Å². The first kappa shape index (κ1) is 67.3. The van der Waals surface area contributed by atoms with Crippen molar-refractivity contribution in [2.75, 3.05) is 6.61 Å². The molecule has 0 radical (unpaired) electrons. The first-order valence-electron chi connectivity index (χ1n) is 30.2. The summed E-state index contributed by atoms with van der Waals surface area (Å²) < 4.78 is 5.94. The number of ether oxygens (including phenoxy) is 1. The minimum Gasteiger partial charge on any atom is -0.462 e. The van der Waals surface area contributed by atoms with E-state index in [2.05, 4.69) is 99.0 Å². The molecule has 6 nitrogen and oxygen atoms in total. The molecule has 0 aromatic carbocycles. The van der Waals surface area contributed by atoms with Gasteiger partial charge in [-0.1, -0.05) is 267 Å². The quantitative estimate of drug-likeness (QED) is 0.0321. The van der Waals surface area contributed by atoms with Gasteiger partial charge in [0, 0.05) is 6.42 Å². The van der Waals surface area contributed by atoms with Crippen molar-refractivity contribution in [1.29, 1.82) is 0 Å². The topological polar surface area (TPSA) is 95.9 Å². The van der Waals surface area contributed by atoms with E-state index in [4.69, 9.17) is 4.74 Å². The summed E-state index contributed by atoms with van der Waals surface area (Å²) in [6.07, 6.45) is 74.0. The molecule has 0 aliphatic heterocycles. The molecule has 6 heteroatoms. The van der Waals surface area contributed by atoms with E-state index in [-0.39, 0.29) is 24.9 Å². The molecule has 0 aliphatic carbocycles. The number of allylic oxidation sites excluding steroid dienone is 12. The number of amides is 1. The largest absolute Gasteiger partial charge is 0.462 e. The average molecular weight is 979 g/mol. The Morgan fingerprint density at radius 2 is 0.786 bits per heavy atom. The van der Waals surface area contributed by atoms with E-state index in [1.54, 1.807) is 0 Å². The molecule has 0 saturated carbocycles. The Kier molecular flexibility index (Phi) is 55.0. The number of hydrogen-bond donors (Lipinski definition) is 3. The van der Waals surface area contributed by atoms with Gasteiger partial charge in [-0.25, -0.2) is 0 Å². The Hall–Kier alpha value is -2.70. The molecule has 0 aromatic heterocycles. The standard InChI is InChI=1S/C64H115NO5/c1-4-7-10-13-16-19-22-25-28-31-34-37-40-43-46-49-52-55-60(70-64(69)57-54-51-48-45-42-39-36-33-30-27-24-21-18-15-12-9-6-3)58-63(68)65-61(59-66)62(67)56-53-50-47-44-41-38-35-32-29-26-23-20-17-14-11-8-5-2/h7,10,16,19,25,27-28,30,34,37,43,46,60-62,66-67H,4-6,8-9,11-15,17-18,20-24,26,29,31-33,35-36,38-42,44-45,47-59H2,1-3H3,(H,65,68)/b10-7-,19-16-,28-25-,30-27+,37-34-,46-43-. The summed E-state index contributed by atoms with van der Waals surface area (Å²) in [5, 5.41) is 23.9. The number of nitrogens with one attached hydrogen (secondary N) is 1. The van der Waals surface area contributed by atoms with Crippen LogP contribution in [0.2, 0.25) is 0 Å². The van der Waals surface area contributed by atoms with Crippen molar-refractivity contribution in [2.24, 2.45) is 0 Å². The third-order valence-corrected chi connectivity index (χ3v) is 13.5. The van der Waals surface area contributed by atoms with Gasteiger partial charge < -0.3 is 20.3 Å². The normalized spacial score (nSPS) is 13.6. The molecular weight excluding hydrogens is 863 g/mol. The molecule has 0 bridgehead atoms. The summed E-state index contributed by atoms with van der Waals surface area (Å²) in [5.74, 6) is -0.528. The summed E-state index contributed by atoms with van der Waals surface area (Å²) in [5.41, 5.74) is 0. The smallest absolute Gasteiger partial charge is 0.306 e. The number of carbonyl (C=O) groups excluding carboxylic acids is 2. The molecule has 70 heavy (non-hydrogen) atoms. The number of aliphatic hydroxyl groups excluding tert-OH is 2. The van der Waals surface area contributed by atoms with Crippen LogP contribution in [0.4, 0.5) is 0 Å². The molecule has 3 unspecified atom stereocenters. The maximum Gasteiger partial charge on any atom is 0.306 e. The molecule has 0 rings (SSSR count). The van der Waals surface area contributed by atoms with Crippen molar-refractivity contribution >= 4 is 11.9 Å². The van der Waals surface area contributed by atoms with E-state index in [0.717, 1.165) is 83.5 Å². The fraction of sp³-hybridized carbons (Fsp3) is 0.781. The summed E-state index contributed by atoms with van der Waals surface area (Å²) in [4.78, 5) is 26.3. The molecular formula is C64H115NO5. The zero-order valence-corrected chi connectivity index (χ0v) is 46.4. The lowest BCUT2D eigenvalue weighted by Gasteiger charge is -2.24. The van der Waals surface area contributed by atoms with Gasteiger partial charge in [0.05, 0.1) is 25.2 Å². The van der Waals surface area contributed by atoms with Gasteiger partial charge in [0.25, 0.3) is 0 Å². The maximum absolute atomic E-state index is 13.3. The van der Waals surface area contributed by atoms with E-state index >= 15 is 0 Å². The third-order valence-electron chi connectivity index (χ3n) is 13.5. The van der Waals surface area contributed by atoms with Gasteiger partial charge in [0.15, 0.2) is 0 Å². The summed E-state index contributed by atoms with van der Waals surface area (Å²) in [6, 6.07) is -0.724. The molecule has 406 valence electrons. The number of unbranched alkanes of at least 4 members (excludes halogenated alkanes) is 30. The predicted molar refractivity (Wildman–Crippen MR) is 305 cm³/mol. The van der Waals surface area contributed by atoms with Crippen LogP contribution in [0, 0.1) is 0 Å². The minimum atomic E-state index is -0.807. The summed E-state index contributed by atoms with van der Waals surface area (Å²) in [7, 11) is 0. The third kappa shape index (κ3) is 51.6. The lowest BCUT2D eigenvalue weighted by molar-refractivity contribution is -0.151. The number of hydrogen-bond acceptors (Lipinski definition) is 5. The zero-order valence-electron chi connectivity index (χ0n) is 46.4. The van der Waals surface area contributed by atoms with E-state index in [1.165, 1.54) is 167 Å². The van der Waals surface area contributed by atoms with Gasteiger partial charge in [0.2, 0.25) is 5.91 Å². The molecule has 0 aliphatic rings. The predicted octanol–water partition coefficient (Wildman–Crippen LogP) is 18.9. The fourth-order valence-corrected chi connectivity index (χ4v) is 8.99. The maximum atomic E-state index is 13.3. The molecule has 0 saturated heterocycles. The zero-order chi connectivity index (χ0) is 50.9. The monoisotopic (exact) mass is 978 g/mol. The Morgan fingerprint density at radius 3 is 1.21 bits per heavy atom. The first-order chi connectivity index (χ1) is 34.5. The van der Waals surface area contributed by atoms with Crippen LogP contribution in [0.15, 0.2) is 72.9 Å². The molecule has 0 heterocycles. The number of rotatable bonds is 54. The van der Waals surface area contributed by atoms with Gasteiger partial charge in [-0.05, 0) is 89.9 Å². The minimum absolute atomic E-state index is 0.0357. The summed E-state index contributed by atoms with van der Waals surface area (Å²) in [6.45, 7) is 6.38. The highest BCUT2D eigenvalue weighted by Crippen LogP contribution is 2.18. The molecule has 3 N–H and O–H groups in total. The van der Waals surface area contributed by atoms with Crippen molar-refractivity contribution in [1.82, 2.24) is 5.32 Å². The van der Waals surface area contributed by atoms with Gasteiger partial charge in [-0.2, -0.15) is 0 Å². The lowest BCUT2D eigenvalue weighted by Crippen LogP contribution is -2.46. The van der Waals surface area contributed by atoms with Gasteiger partial charge >= 0.3 is 5.97 Å². The first-order valence-corrected chi connectivity index (χ1v) is 30.2. The van der Waals surface area contributed by atoms with Crippen molar-refractivity contribution in [3.63, 3.8) is 0 Å². The Morgan fingerprint density at radius 1 is 0.429 bits per heavy atom. The van der Waals surface area contributed by atoms with Crippen molar-refractivity contribution in [2.45, 2.75) is 315 Å². The van der Waals surface area contributed by atoms with E-state index in [9.17, 15) is 19.8 Å². The number of carbonyl (C=O) groups is 2. The van der Waals surface area contributed by atoms with E-state index < -0.39 is 18.2 Å². The highest BCUT2D eigenvalue weighted by Gasteiger charge is 2.24. The van der Waals surface area contributed by atoms with E-state index in [1.807, 2.05) is 0 Å². The van der Waals surface area contributed by atoms with Gasteiger partial charge in [-0.15, -0.1) is 0 Å². The van der Waals surface area contributed by atoms with Crippen LogP contribution in [0.3, 0.4) is 0 Å². The van der Waals surface area contributed by atoms with Crippen LogP contribution in [-0.4, -0.2) is 46.9 Å². The molecule has 0 aromatic rings. The second-order valence-corrected chi connectivity index (χ2v) is 20.4. The Balaban J connectivity index is 4.63. The van der Waals surface area contributed by atoms with Gasteiger partial charge in [-0.3, -0.25) is 9.59 Å². The molecule has 1 amide bonds. The van der Waals surface area contributed by atoms with Crippen LogP contribution in [0.5, 0.6) is 0 Å². The lowest BCUT2D eigenvalue weighted by atomic mass is 10.0. The highest BCUT2D eigenvalue weighted by atomic mass is 16.5. The van der Waals surface area contributed by atoms with Crippen LogP contribution in [0.25, 0.3) is 0 Å². The van der Waals surface area contributed by atoms with Crippen LogP contribution < -0.4 is 5.32 Å². The highest BCUT2D eigenvalue weighted by molar-refractivity contribution is 5.77. The Bertz CT molecular complexity index is 1280. The molecule has 0 fully saturated rings. The van der Waals surface area contributed by atoms with Crippen LogP contribution in [-0.2, 0) is 14.3 Å². The second-order valence-electron chi connectivity index (χ2n) is 20.4. The van der Waals surface area contributed by atoms with Gasteiger partial charge in [0.1, 0.15) is 6.10 Å². The average Bonchev–Trinajstić information content (AvgIpc) is 3.35. The summed E-state index contributed by atoms with van der Waals surface area (Å²) >= 11 is 0. The molecule has 0 spiro atoms.